The number of fused-ring (bicyclic) bond motifs is 1. The molecule has 1 heterocycles. The van der Waals surface area contributed by atoms with Crippen LogP contribution in [0.15, 0.2) is 77.7 Å². The number of para-hydroxylation sites is 3. The predicted octanol–water partition coefficient (Wildman–Crippen LogP) is 5.77. The van der Waals surface area contributed by atoms with Crippen molar-refractivity contribution in [3.05, 3.63) is 89.7 Å². The van der Waals surface area contributed by atoms with Gasteiger partial charge in [0.1, 0.15) is 5.82 Å². The molecule has 0 radical (unpaired) electrons. The highest BCUT2D eigenvalue weighted by atomic mass is 32.2. The van der Waals surface area contributed by atoms with Gasteiger partial charge in [-0.25, -0.2) is 13.4 Å². The molecular formula is C26H29N3O2S. The van der Waals surface area contributed by atoms with Gasteiger partial charge < -0.3 is 4.57 Å². The third-order valence-electron chi connectivity index (χ3n) is 5.79. The van der Waals surface area contributed by atoms with Crippen LogP contribution in [0.25, 0.3) is 11.0 Å². The largest absolute Gasteiger partial charge is 0.328 e. The Bertz CT molecular complexity index is 1320. The Morgan fingerprint density at radius 1 is 0.906 bits per heavy atom. The van der Waals surface area contributed by atoms with E-state index in [-0.39, 0.29) is 4.90 Å². The van der Waals surface area contributed by atoms with E-state index in [2.05, 4.69) is 36.1 Å². The number of anilines is 1. The molecule has 1 aromatic heterocycles. The molecule has 0 unspecified atom stereocenters. The molecular weight excluding hydrogens is 418 g/mol. The summed E-state index contributed by atoms with van der Waals surface area (Å²) < 4.78 is 31.0. The molecule has 6 heteroatoms. The van der Waals surface area contributed by atoms with E-state index in [1.807, 2.05) is 54.6 Å². The average molecular weight is 448 g/mol. The van der Waals surface area contributed by atoms with Gasteiger partial charge in [0.25, 0.3) is 10.0 Å². The van der Waals surface area contributed by atoms with Crippen molar-refractivity contribution < 1.29 is 8.42 Å². The number of aryl methyl sites for hydroxylation is 3. The highest BCUT2D eigenvalue weighted by molar-refractivity contribution is 7.92. The van der Waals surface area contributed by atoms with Gasteiger partial charge in [0.2, 0.25) is 0 Å². The fraction of sp³-hybridized carbons (Fsp3) is 0.269. The molecule has 1 N–H and O–H groups in total. The molecule has 32 heavy (non-hydrogen) atoms. The van der Waals surface area contributed by atoms with Crippen LogP contribution in [0.3, 0.4) is 0 Å². The quantitative estimate of drug-likeness (QED) is 0.373. The zero-order chi connectivity index (χ0) is 22.7. The van der Waals surface area contributed by atoms with Crippen molar-refractivity contribution >= 4 is 26.7 Å². The summed E-state index contributed by atoms with van der Waals surface area (Å²) in [6.07, 6.45) is 1.42. The van der Waals surface area contributed by atoms with Crippen molar-refractivity contribution in [2.45, 2.75) is 51.0 Å². The molecule has 0 spiro atoms. The van der Waals surface area contributed by atoms with Crippen LogP contribution in [0.1, 0.15) is 43.6 Å². The van der Waals surface area contributed by atoms with Crippen molar-refractivity contribution in [1.82, 2.24) is 9.55 Å². The van der Waals surface area contributed by atoms with Crippen LogP contribution in [0.4, 0.5) is 5.69 Å². The van der Waals surface area contributed by atoms with Crippen molar-refractivity contribution in [3.8, 4) is 0 Å². The maximum absolute atomic E-state index is 13.0. The molecule has 0 amide bonds. The fourth-order valence-electron chi connectivity index (χ4n) is 3.99. The second-order valence-corrected chi connectivity index (χ2v) is 9.93. The van der Waals surface area contributed by atoms with E-state index in [0.717, 1.165) is 41.0 Å². The van der Waals surface area contributed by atoms with E-state index in [1.54, 1.807) is 12.1 Å². The third kappa shape index (κ3) is 4.55. The molecule has 0 aliphatic rings. The summed E-state index contributed by atoms with van der Waals surface area (Å²) >= 11 is 0. The summed E-state index contributed by atoms with van der Waals surface area (Å²) in [5, 5.41) is 0. The van der Waals surface area contributed by atoms with E-state index >= 15 is 0 Å². The lowest BCUT2D eigenvalue weighted by atomic mass is 10.0. The number of hydrogen-bond acceptors (Lipinski definition) is 3. The Balaban J connectivity index is 1.56. The lowest BCUT2D eigenvalue weighted by molar-refractivity contribution is 0.601. The van der Waals surface area contributed by atoms with Gasteiger partial charge in [-0.2, -0.15) is 0 Å². The number of imidazole rings is 1. The number of nitrogens with one attached hydrogen (secondary N) is 1. The van der Waals surface area contributed by atoms with Crippen LogP contribution in [0, 0.1) is 0 Å². The normalized spacial score (nSPS) is 11.9. The molecule has 0 bridgehead atoms. The van der Waals surface area contributed by atoms with Gasteiger partial charge in [0.05, 0.1) is 21.6 Å². The first-order chi connectivity index (χ1) is 15.4. The SMILES string of the molecule is CCn1c(CCc2ccccc2NS(=O)(=O)c2ccc(C(C)C)cc2)nc2ccccc21. The number of hydrogen-bond donors (Lipinski definition) is 1. The fourth-order valence-corrected chi connectivity index (χ4v) is 5.09. The first kappa shape index (κ1) is 22.1. The molecule has 0 aliphatic heterocycles. The molecule has 5 nitrogen and oxygen atoms in total. The Morgan fingerprint density at radius 2 is 1.59 bits per heavy atom. The molecule has 3 aromatic carbocycles. The zero-order valence-corrected chi connectivity index (χ0v) is 19.6. The summed E-state index contributed by atoms with van der Waals surface area (Å²) in [7, 11) is -3.67. The standard InChI is InChI=1S/C26H29N3O2S/c1-4-29-25-12-8-7-11-24(25)27-26(29)18-15-21-9-5-6-10-23(21)28-32(30,31)22-16-13-20(14-17-22)19(2)3/h5-14,16-17,19,28H,4,15,18H2,1-3H3. The molecule has 0 aliphatic carbocycles. The first-order valence-electron chi connectivity index (χ1n) is 11.0. The highest BCUT2D eigenvalue weighted by Gasteiger charge is 2.17. The number of rotatable bonds is 8. The summed E-state index contributed by atoms with van der Waals surface area (Å²) in [5.41, 5.74) is 4.79. The second-order valence-electron chi connectivity index (χ2n) is 8.25. The Labute approximate surface area is 190 Å². The van der Waals surface area contributed by atoms with Gasteiger partial charge in [0, 0.05) is 13.0 Å². The summed E-state index contributed by atoms with van der Waals surface area (Å²) in [5.74, 6) is 1.36. The highest BCUT2D eigenvalue weighted by Crippen LogP contribution is 2.24. The lowest BCUT2D eigenvalue weighted by Gasteiger charge is -2.14. The molecule has 4 rings (SSSR count). The smallest absolute Gasteiger partial charge is 0.261 e. The van der Waals surface area contributed by atoms with Gasteiger partial charge in [-0.1, -0.05) is 56.3 Å². The van der Waals surface area contributed by atoms with E-state index in [0.29, 0.717) is 18.0 Å². The molecule has 4 aromatic rings. The Hall–Kier alpha value is -3.12. The van der Waals surface area contributed by atoms with Crippen LogP contribution in [0.5, 0.6) is 0 Å². The third-order valence-corrected chi connectivity index (χ3v) is 7.17. The van der Waals surface area contributed by atoms with E-state index in [4.69, 9.17) is 4.98 Å². The second kappa shape index (κ2) is 9.17. The lowest BCUT2D eigenvalue weighted by Crippen LogP contribution is -2.14. The first-order valence-corrected chi connectivity index (χ1v) is 12.5. The van der Waals surface area contributed by atoms with Crippen molar-refractivity contribution in [2.24, 2.45) is 0 Å². The Morgan fingerprint density at radius 3 is 2.31 bits per heavy atom. The molecule has 0 saturated carbocycles. The molecule has 0 fully saturated rings. The maximum atomic E-state index is 13.0. The van der Waals surface area contributed by atoms with E-state index in [1.165, 1.54) is 0 Å². The van der Waals surface area contributed by atoms with Gasteiger partial charge in [-0.3, -0.25) is 4.72 Å². The van der Waals surface area contributed by atoms with Gasteiger partial charge in [-0.05, 0) is 60.7 Å². The minimum atomic E-state index is -3.67. The maximum Gasteiger partial charge on any atom is 0.261 e. The Kier molecular flexibility index (Phi) is 6.33. The van der Waals surface area contributed by atoms with Gasteiger partial charge in [-0.15, -0.1) is 0 Å². The van der Waals surface area contributed by atoms with Crippen LogP contribution in [0.2, 0.25) is 0 Å². The van der Waals surface area contributed by atoms with Crippen LogP contribution in [-0.2, 0) is 29.4 Å². The number of sulfonamides is 1. The van der Waals surface area contributed by atoms with Crippen LogP contribution >= 0.6 is 0 Å². The van der Waals surface area contributed by atoms with Gasteiger partial charge in [0.15, 0.2) is 0 Å². The van der Waals surface area contributed by atoms with Gasteiger partial charge >= 0.3 is 0 Å². The topological polar surface area (TPSA) is 64.0 Å². The molecule has 0 atom stereocenters. The van der Waals surface area contributed by atoms with Crippen molar-refractivity contribution in [3.63, 3.8) is 0 Å². The average Bonchev–Trinajstić information content (AvgIpc) is 3.16. The summed E-state index contributed by atoms with van der Waals surface area (Å²) in [6, 6.07) is 22.8. The molecule has 166 valence electrons. The summed E-state index contributed by atoms with van der Waals surface area (Å²) in [4.78, 5) is 5.07. The zero-order valence-electron chi connectivity index (χ0n) is 18.7. The number of aromatic nitrogens is 2. The predicted molar refractivity (Wildman–Crippen MR) is 131 cm³/mol. The summed E-state index contributed by atoms with van der Waals surface area (Å²) in [6.45, 7) is 7.14. The van der Waals surface area contributed by atoms with E-state index < -0.39 is 10.0 Å². The number of nitrogens with zero attached hydrogens (tertiary/aromatic N) is 2. The monoisotopic (exact) mass is 447 g/mol. The minimum absolute atomic E-state index is 0.268. The minimum Gasteiger partial charge on any atom is -0.328 e. The van der Waals surface area contributed by atoms with Crippen LogP contribution < -0.4 is 4.72 Å². The van der Waals surface area contributed by atoms with E-state index in [9.17, 15) is 8.42 Å². The van der Waals surface area contributed by atoms with Crippen molar-refractivity contribution in [1.29, 1.82) is 0 Å². The number of benzene rings is 3. The molecule has 0 saturated heterocycles. The van der Waals surface area contributed by atoms with Crippen molar-refractivity contribution in [2.75, 3.05) is 4.72 Å². The van der Waals surface area contributed by atoms with Crippen LogP contribution in [-0.4, -0.2) is 18.0 Å².